The number of carbonyl (C=O) groups is 1. The van der Waals surface area contributed by atoms with E-state index < -0.39 is 4.83 Å². The van der Waals surface area contributed by atoms with Crippen LogP contribution in [0.3, 0.4) is 0 Å². The summed E-state index contributed by atoms with van der Waals surface area (Å²) >= 11 is 3.43. The van der Waals surface area contributed by atoms with E-state index in [0.29, 0.717) is 25.1 Å². The predicted molar refractivity (Wildman–Crippen MR) is 95.8 cm³/mol. The second kappa shape index (κ2) is 7.75. The molecule has 0 spiro atoms. The first-order valence-corrected chi connectivity index (χ1v) is 8.89. The van der Waals surface area contributed by atoms with Crippen LogP contribution in [0.5, 0.6) is 0 Å². The second-order valence-corrected chi connectivity index (χ2v) is 6.87. The van der Waals surface area contributed by atoms with Crippen molar-refractivity contribution in [1.82, 2.24) is 9.88 Å². The molecule has 0 bridgehead atoms. The number of halogens is 2. The predicted octanol–water partition coefficient (Wildman–Crippen LogP) is 2.88. The second-order valence-electron chi connectivity index (χ2n) is 5.76. The summed E-state index contributed by atoms with van der Waals surface area (Å²) in [6.07, 6.45) is 2.13. The number of hydrogen-bond acceptors (Lipinski definition) is 3. The third-order valence-electron chi connectivity index (χ3n) is 4.19. The highest BCUT2D eigenvalue weighted by molar-refractivity contribution is 9.10. The Morgan fingerprint density at radius 3 is 2.50 bits per heavy atom. The summed E-state index contributed by atoms with van der Waals surface area (Å²) in [6.45, 7) is 2.80. The van der Waals surface area contributed by atoms with Crippen LogP contribution in [0.2, 0.25) is 0 Å². The molecular formula is C18H19BrFN3O. The van der Waals surface area contributed by atoms with Gasteiger partial charge in [0.1, 0.15) is 11.6 Å². The number of anilines is 1. The Morgan fingerprint density at radius 2 is 1.83 bits per heavy atom. The lowest BCUT2D eigenvalue weighted by Crippen LogP contribution is -2.51. The van der Waals surface area contributed by atoms with E-state index in [1.54, 1.807) is 24.4 Å². The first-order chi connectivity index (χ1) is 11.6. The summed E-state index contributed by atoms with van der Waals surface area (Å²) in [7, 11) is 0. The highest BCUT2D eigenvalue weighted by Gasteiger charge is 2.26. The van der Waals surface area contributed by atoms with Gasteiger partial charge in [-0.25, -0.2) is 9.37 Å². The first kappa shape index (κ1) is 16.9. The molecule has 1 aromatic heterocycles. The SMILES string of the molecule is O=C(C(Br)Cc1ccccc1F)N1CCN(c2ccccn2)CC1. The average molecular weight is 392 g/mol. The molecule has 0 radical (unpaired) electrons. The maximum absolute atomic E-state index is 13.7. The quantitative estimate of drug-likeness (QED) is 0.751. The van der Waals surface area contributed by atoms with Crippen molar-refractivity contribution in [3.05, 3.63) is 60.0 Å². The van der Waals surface area contributed by atoms with Crippen molar-refractivity contribution >= 4 is 27.7 Å². The highest BCUT2D eigenvalue weighted by atomic mass is 79.9. The van der Waals surface area contributed by atoms with Gasteiger partial charge in [-0.15, -0.1) is 0 Å². The summed E-state index contributed by atoms with van der Waals surface area (Å²) in [6, 6.07) is 12.4. The van der Waals surface area contributed by atoms with Gasteiger partial charge in [0.05, 0.1) is 4.83 Å². The summed E-state index contributed by atoms with van der Waals surface area (Å²) in [5.74, 6) is 0.681. The number of hydrogen-bond donors (Lipinski definition) is 0. The standard InChI is InChI=1S/C18H19BrFN3O/c19-15(13-14-5-1-2-6-16(14)20)18(24)23-11-9-22(10-12-23)17-7-3-4-8-21-17/h1-8,15H,9-13H2. The molecule has 24 heavy (non-hydrogen) atoms. The molecule has 2 aromatic rings. The molecular weight excluding hydrogens is 373 g/mol. The number of nitrogens with zero attached hydrogens (tertiary/aromatic N) is 3. The third kappa shape index (κ3) is 3.93. The van der Waals surface area contributed by atoms with Gasteiger partial charge < -0.3 is 9.80 Å². The van der Waals surface area contributed by atoms with Crippen molar-refractivity contribution < 1.29 is 9.18 Å². The molecule has 1 aliphatic heterocycles. The zero-order valence-corrected chi connectivity index (χ0v) is 14.8. The molecule has 0 saturated carbocycles. The Balaban J connectivity index is 1.56. The van der Waals surface area contributed by atoms with Crippen molar-refractivity contribution in [2.45, 2.75) is 11.2 Å². The fourth-order valence-corrected chi connectivity index (χ4v) is 3.48. The first-order valence-electron chi connectivity index (χ1n) is 7.97. The number of piperazine rings is 1. The zero-order chi connectivity index (χ0) is 16.9. The van der Waals surface area contributed by atoms with Gasteiger partial charge in [-0.2, -0.15) is 0 Å². The van der Waals surface area contributed by atoms with Crippen LogP contribution in [0.15, 0.2) is 48.7 Å². The van der Waals surface area contributed by atoms with Crippen LogP contribution in [-0.2, 0) is 11.2 Å². The van der Waals surface area contributed by atoms with E-state index >= 15 is 0 Å². The van der Waals surface area contributed by atoms with Gasteiger partial charge >= 0.3 is 0 Å². The average Bonchev–Trinajstić information content (AvgIpc) is 2.64. The van der Waals surface area contributed by atoms with E-state index in [9.17, 15) is 9.18 Å². The maximum atomic E-state index is 13.7. The smallest absolute Gasteiger partial charge is 0.236 e. The van der Waals surface area contributed by atoms with Gasteiger partial charge in [-0.05, 0) is 30.2 Å². The lowest BCUT2D eigenvalue weighted by atomic mass is 10.1. The van der Waals surface area contributed by atoms with Crippen molar-refractivity contribution in [1.29, 1.82) is 0 Å². The van der Waals surface area contributed by atoms with Crippen molar-refractivity contribution in [2.75, 3.05) is 31.1 Å². The molecule has 126 valence electrons. The molecule has 1 saturated heterocycles. The summed E-state index contributed by atoms with van der Waals surface area (Å²) in [5.41, 5.74) is 0.555. The Bertz CT molecular complexity index is 690. The van der Waals surface area contributed by atoms with Crippen molar-refractivity contribution in [3.63, 3.8) is 0 Å². The van der Waals surface area contributed by atoms with Gasteiger partial charge in [-0.3, -0.25) is 4.79 Å². The van der Waals surface area contributed by atoms with Crippen LogP contribution in [0.25, 0.3) is 0 Å². The van der Waals surface area contributed by atoms with Gasteiger partial charge in [-0.1, -0.05) is 40.2 Å². The van der Waals surface area contributed by atoms with Crippen molar-refractivity contribution in [3.8, 4) is 0 Å². The fraction of sp³-hybridized carbons (Fsp3) is 0.333. The van der Waals surface area contributed by atoms with Crippen LogP contribution in [0.4, 0.5) is 10.2 Å². The largest absolute Gasteiger partial charge is 0.353 e. The summed E-state index contributed by atoms with van der Waals surface area (Å²) in [4.78, 5) is 20.5. The van der Waals surface area contributed by atoms with E-state index in [1.165, 1.54) is 6.07 Å². The van der Waals surface area contributed by atoms with E-state index in [1.807, 2.05) is 23.1 Å². The van der Waals surface area contributed by atoms with Crippen molar-refractivity contribution in [2.24, 2.45) is 0 Å². The van der Waals surface area contributed by atoms with Gasteiger partial charge in [0, 0.05) is 32.4 Å². The molecule has 1 aliphatic rings. The van der Waals surface area contributed by atoms with Gasteiger partial charge in [0.2, 0.25) is 5.91 Å². The van der Waals surface area contributed by atoms with E-state index in [4.69, 9.17) is 0 Å². The lowest BCUT2D eigenvalue weighted by molar-refractivity contribution is -0.130. The minimum atomic E-state index is -0.407. The minimum Gasteiger partial charge on any atom is -0.353 e. The summed E-state index contributed by atoms with van der Waals surface area (Å²) in [5, 5.41) is 0. The molecule has 6 heteroatoms. The highest BCUT2D eigenvalue weighted by Crippen LogP contribution is 2.18. The Hall–Kier alpha value is -1.95. The Labute approximate surface area is 149 Å². The van der Waals surface area contributed by atoms with Crippen LogP contribution >= 0.6 is 15.9 Å². The molecule has 1 atom stereocenters. The van der Waals surface area contributed by atoms with Gasteiger partial charge in [0.25, 0.3) is 0 Å². The topological polar surface area (TPSA) is 36.4 Å². The zero-order valence-electron chi connectivity index (χ0n) is 13.2. The molecule has 1 aromatic carbocycles. The Morgan fingerprint density at radius 1 is 1.12 bits per heavy atom. The molecule has 3 rings (SSSR count). The molecule has 1 unspecified atom stereocenters. The number of amides is 1. The number of aromatic nitrogens is 1. The monoisotopic (exact) mass is 391 g/mol. The van der Waals surface area contributed by atoms with E-state index in [0.717, 1.165) is 18.9 Å². The molecule has 1 amide bonds. The Kier molecular flexibility index (Phi) is 5.45. The summed E-state index contributed by atoms with van der Waals surface area (Å²) < 4.78 is 13.7. The fourth-order valence-electron chi connectivity index (χ4n) is 2.84. The van der Waals surface area contributed by atoms with Crippen LogP contribution in [0.1, 0.15) is 5.56 Å². The molecule has 1 fully saturated rings. The molecule has 0 aliphatic carbocycles. The third-order valence-corrected chi connectivity index (χ3v) is 4.90. The van der Waals surface area contributed by atoms with Crippen LogP contribution < -0.4 is 4.90 Å². The van der Waals surface area contributed by atoms with Gasteiger partial charge in [0.15, 0.2) is 0 Å². The molecule has 4 nitrogen and oxygen atoms in total. The van der Waals surface area contributed by atoms with Crippen LogP contribution in [-0.4, -0.2) is 46.8 Å². The van der Waals surface area contributed by atoms with E-state index in [2.05, 4.69) is 25.8 Å². The minimum absolute atomic E-state index is 0.0129. The number of pyridine rings is 1. The van der Waals surface area contributed by atoms with E-state index in [-0.39, 0.29) is 11.7 Å². The number of carbonyl (C=O) groups excluding carboxylic acids is 1. The normalized spacial score (nSPS) is 16.1. The maximum Gasteiger partial charge on any atom is 0.236 e. The lowest BCUT2D eigenvalue weighted by Gasteiger charge is -2.36. The number of alkyl halides is 1. The number of benzene rings is 1. The number of rotatable bonds is 4. The van der Waals surface area contributed by atoms with Crippen LogP contribution in [0, 0.1) is 5.82 Å². The molecule has 0 N–H and O–H groups in total. The molecule has 2 heterocycles.